The molecule has 1 aromatic carbocycles. The number of amides is 2. The third-order valence-electron chi connectivity index (χ3n) is 2.98. The molecular formula is C16H16BrN3O3S. The molecule has 8 heteroatoms. The van der Waals surface area contributed by atoms with Crippen LogP contribution in [0.25, 0.3) is 0 Å². The second-order valence-electron chi connectivity index (χ2n) is 4.81. The van der Waals surface area contributed by atoms with Crippen molar-refractivity contribution in [1.29, 1.82) is 0 Å². The molecule has 24 heavy (non-hydrogen) atoms. The number of hydrogen-bond donors (Lipinski definition) is 3. The van der Waals surface area contributed by atoms with E-state index in [1.807, 2.05) is 6.92 Å². The summed E-state index contributed by atoms with van der Waals surface area (Å²) < 4.78 is 5.60. The molecule has 126 valence electrons. The normalized spacial score (nSPS) is 10.1. The highest BCUT2D eigenvalue weighted by Gasteiger charge is 2.14. The number of halogens is 1. The zero-order valence-corrected chi connectivity index (χ0v) is 15.3. The average Bonchev–Trinajstić information content (AvgIpc) is 2.99. The number of anilines is 1. The minimum Gasteiger partial charge on any atom is -0.444 e. The monoisotopic (exact) mass is 409 g/mol. The van der Waals surface area contributed by atoms with Crippen LogP contribution in [-0.2, 0) is 0 Å². The van der Waals surface area contributed by atoms with Gasteiger partial charge in [0.1, 0.15) is 0 Å². The topological polar surface area (TPSA) is 83.4 Å². The number of benzene rings is 1. The summed E-state index contributed by atoms with van der Waals surface area (Å²) >= 11 is 8.25. The molecule has 1 aromatic heterocycles. The summed E-state index contributed by atoms with van der Waals surface area (Å²) in [6.45, 7) is 2.56. The Morgan fingerprint density at radius 1 is 1.17 bits per heavy atom. The van der Waals surface area contributed by atoms with E-state index in [0.29, 0.717) is 22.5 Å². The van der Waals surface area contributed by atoms with Crippen molar-refractivity contribution in [3.8, 4) is 0 Å². The molecule has 0 saturated carbocycles. The van der Waals surface area contributed by atoms with Crippen LogP contribution in [-0.4, -0.2) is 23.5 Å². The molecule has 0 aliphatic rings. The van der Waals surface area contributed by atoms with E-state index in [4.69, 9.17) is 16.6 Å². The first kappa shape index (κ1) is 18.2. The van der Waals surface area contributed by atoms with Crippen molar-refractivity contribution in [3.05, 3.63) is 52.4 Å². The maximum absolute atomic E-state index is 12.2. The van der Waals surface area contributed by atoms with E-state index >= 15 is 0 Å². The van der Waals surface area contributed by atoms with Crippen LogP contribution in [0.2, 0.25) is 0 Å². The Morgan fingerprint density at radius 3 is 2.58 bits per heavy atom. The first-order chi connectivity index (χ1) is 11.5. The van der Waals surface area contributed by atoms with Gasteiger partial charge in [0, 0.05) is 6.54 Å². The van der Waals surface area contributed by atoms with Crippen LogP contribution in [0.4, 0.5) is 5.69 Å². The van der Waals surface area contributed by atoms with Crippen LogP contribution < -0.4 is 16.0 Å². The average molecular weight is 410 g/mol. The minimum absolute atomic E-state index is 0.0725. The zero-order chi connectivity index (χ0) is 17.5. The Balaban J connectivity index is 2.03. The predicted octanol–water partition coefficient (Wildman–Crippen LogP) is 3.31. The van der Waals surface area contributed by atoms with E-state index in [0.717, 1.165) is 6.42 Å². The largest absolute Gasteiger partial charge is 0.444 e. The van der Waals surface area contributed by atoms with Gasteiger partial charge in [0.25, 0.3) is 11.8 Å². The molecule has 2 aromatic rings. The van der Waals surface area contributed by atoms with Gasteiger partial charge in [-0.25, -0.2) is 0 Å². The Labute approximate surface area is 153 Å². The lowest BCUT2D eigenvalue weighted by Gasteiger charge is -2.13. The van der Waals surface area contributed by atoms with Crippen molar-refractivity contribution in [2.45, 2.75) is 13.3 Å². The molecule has 0 unspecified atom stereocenters. The second kappa shape index (κ2) is 8.60. The smallest absolute Gasteiger partial charge is 0.293 e. The van der Waals surface area contributed by atoms with Gasteiger partial charge in [-0.2, -0.15) is 0 Å². The molecule has 6 nitrogen and oxygen atoms in total. The second-order valence-corrected chi connectivity index (χ2v) is 6.00. The number of furan rings is 1. The van der Waals surface area contributed by atoms with E-state index in [1.54, 1.807) is 30.3 Å². The summed E-state index contributed by atoms with van der Waals surface area (Å²) in [6.07, 6.45) is 0.842. The van der Waals surface area contributed by atoms with Crippen molar-refractivity contribution < 1.29 is 14.0 Å². The number of carbonyl (C=O) groups excluding carboxylic acids is 2. The Morgan fingerprint density at radius 2 is 1.92 bits per heavy atom. The number of nitrogens with one attached hydrogen (secondary N) is 3. The molecule has 2 rings (SSSR count). The summed E-state index contributed by atoms with van der Waals surface area (Å²) in [5, 5.41) is 8.24. The summed E-state index contributed by atoms with van der Waals surface area (Å²) in [5.41, 5.74) is 0.959. The SMILES string of the molecule is CCCNC(=O)c1ccccc1NC(=S)NC(=O)c1ccc(Br)o1. The highest BCUT2D eigenvalue weighted by Crippen LogP contribution is 2.16. The molecule has 0 saturated heterocycles. The quantitative estimate of drug-likeness (QED) is 0.659. The van der Waals surface area contributed by atoms with Crippen LogP contribution >= 0.6 is 28.1 Å². The molecular weight excluding hydrogens is 394 g/mol. The molecule has 0 fully saturated rings. The van der Waals surface area contributed by atoms with Crippen molar-refractivity contribution in [1.82, 2.24) is 10.6 Å². The third kappa shape index (κ3) is 4.90. The lowest BCUT2D eigenvalue weighted by Crippen LogP contribution is -2.34. The first-order valence-electron chi connectivity index (χ1n) is 7.26. The standard InChI is InChI=1S/C16H16BrN3O3S/c1-2-9-18-14(21)10-5-3-4-6-11(10)19-16(24)20-15(22)12-7-8-13(17)23-12/h3-8H,2,9H2,1H3,(H,18,21)(H2,19,20,22,24). The summed E-state index contributed by atoms with van der Waals surface area (Å²) in [4.78, 5) is 24.1. The van der Waals surface area contributed by atoms with Gasteiger partial charge in [-0.15, -0.1) is 0 Å². The summed E-state index contributed by atoms with van der Waals surface area (Å²) in [7, 11) is 0. The highest BCUT2D eigenvalue weighted by atomic mass is 79.9. The van der Waals surface area contributed by atoms with Crippen molar-refractivity contribution in [2.75, 3.05) is 11.9 Å². The Hall–Kier alpha value is -2.19. The van der Waals surface area contributed by atoms with Crippen LogP contribution in [0.15, 0.2) is 45.5 Å². The fourth-order valence-electron chi connectivity index (χ4n) is 1.88. The number of para-hydroxylation sites is 1. The fourth-order valence-corrected chi connectivity index (χ4v) is 2.39. The molecule has 0 atom stereocenters. The van der Waals surface area contributed by atoms with Gasteiger partial charge in [-0.3, -0.25) is 14.9 Å². The predicted molar refractivity (Wildman–Crippen MR) is 99.2 cm³/mol. The van der Waals surface area contributed by atoms with Gasteiger partial charge < -0.3 is 15.1 Å². The molecule has 3 N–H and O–H groups in total. The molecule has 0 aliphatic carbocycles. The van der Waals surface area contributed by atoms with Gasteiger partial charge in [0.15, 0.2) is 15.5 Å². The van der Waals surface area contributed by atoms with E-state index in [-0.39, 0.29) is 16.8 Å². The maximum Gasteiger partial charge on any atom is 0.293 e. The maximum atomic E-state index is 12.2. The van der Waals surface area contributed by atoms with E-state index in [2.05, 4.69) is 31.9 Å². The van der Waals surface area contributed by atoms with Crippen molar-refractivity contribution in [3.63, 3.8) is 0 Å². The fraction of sp³-hybridized carbons (Fsp3) is 0.188. The molecule has 0 aliphatic heterocycles. The van der Waals surface area contributed by atoms with Crippen LogP contribution in [0, 0.1) is 0 Å². The molecule has 0 bridgehead atoms. The molecule has 2 amide bonds. The number of rotatable bonds is 5. The van der Waals surface area contributed by atoms with Gasteiger partial charge in [0.05, 0.1) is 11.3 Å². The van der Waals surface area contributed by atoms with Gasteiger partial charge in [-0.1, -0.05) is 19.1 Å². The van der Waals surface area contributed by atoms with Crippen molar-refractivity contribution >= 4 is 50.8 Å². The van der Waals surface area contributed by atoms with Crippen LogP contribution in [0.3, 0.4) is 0 Å². The molecule has 0 spiro atoms. The Kier molecular flexibility index (Phi) is 6.51. The molecule has 1 heterocycles. The summed E-state index contributed by atoms with van der Waals surface area (Å²) in [6, 6.07) is 10.1. The first-order valence-corrected chi connectivity index (χ1v) is 8.46. The van der Waals surface area contributed by atoms with Crippen LogP contribution in [0.5, 0.6) is 0 Å². The third-order valence-corrected chi connectivity index (χ3v) is 3.61. The number of hydrogen-bond acceptors (Lipinski definition) is 4. The van der Waals surface area contributed by atoms with Gasteiger partial charge >= 0.3 is 0 Å². The zero-order valence-electron chi connectivity index (χ0n) is 12.9. The van der Waals surface area contributed by atoms with E-state index < -0.39 is 5.91 Å². The Bertz CT molecular complexity index is 761. The molecule has 0 radical (unpaired) electrons. The van der Waals surface area contributed by atoms with Crippen molar-refractivity contribution in [2.24, 2.45) is 0 Å². The lowest BCUT2D eigenvalue weighted by atomic mass is 10.1. The van der Waals surface area contributed by atoms with Gasteiger partial charge in [-0.05, 0) is 58.8 Å². The minimum atomic E-state index is -0.480. The van der Waals surface area contributed by atoms with E-state index in [1.165, 1.54) is 6.07 Å². The van der Waals surface area contributed by atoms with E-state index in [9.17, 15) is 9.59 Å². The lowest BCUT2D eigenvalue weighted by molar-refractivity contribution is 0.0944. The number of carbonyl (C=O) groups is 2. The highest BCUT2D eigenvalue weighted by molar-refractivity contribution is 9.10. The summed E-state index contributed by atoms with van der Waals surface area (Å²) in [5.74, 6) is -0.560. The van der Waals surface area contributed by atoms with Gasteiger partial charge in [0.2, 0.25) is 0 Å². The number of thiocarbonyl (C=S) groups is 1. The van der Waals surface area contributed by atoms with Crippen LogP contribution in [0.1, 0.15) is 34.3 Å².